The van der Waals surface area contributed by atoms with Crippen molar-refractivity contribution in [1.29, 1.82) is 0 Å². The van der Waals surface area contributed by atoms with Crippen molar-refractivity contribution in [1.82, 2.24) is 20.4 Å². The number of nitrogens with zero attached hydrogens (tertiary/aromatic N) is 3. The molecule has 2 aliphatic rings. The minimum atomic E-state index is 0.0416. The molecular weight excluding hydrogens is 390 g/mol. The summed E-state index contributed by atoms with van der Waals surface area (Å²) in [6.45, 7) is 7.73. The Morgan fingerprint density at radius 2 is 1.74 bits per heavy atom. The zero-order valence-corrected chi connectivity index (χ0v) is 18.6. The van der Waals surface area contributed by atoms with E-state index in [-0.39, 0.29) is 17.7 Å². The summed E-state index contributed by atoms with van der Waals surface area (Å²) in [6.07, 6.45) is 3.64. The topological polar surface area (TPSA) is 81.3 Å². The van der Waals surface area contributed by atoms with Crippen LogP contribution >= 0.6 is 0 Å². The van der Waals surface area contributed by atoms with E-state index in [0.717, 1.165) is 62.4 Å². The summed E-state index contributed by atoms with van der Waals surface area (Å²) in [5.74, 6) is 1.80. The molecule has 1 aromatic heterocycles. The SMILES string of the molecule is CC(=O)N1CCC(C(=O)NCC2CCN(c3cc(-c4ccc(C)cc4)[nH]n3)CC2)CC1. The number of H-pyrrole nitrogens is 1. The zero-order chi connectivity index (χ0) is 21.8. The summed E-state index contributed by atoms with van der Waals surface area (Å²) in [7, 11) is 0. The first-order valence-electron chi connectivity index (χ1n) is 11.4. The second kappa shape index (κ2) is 9.54. The third-order valence-electron chi connectivity index (χ3n) is 6.74. The maximum atomic E-state index is 12.5. The van der Waals surface area contributed by atoms with Crippen molar-refractivity contribution in [2.24, 2.45) is 11.8 Å². The normalized spacial score (nSPS) is 18.3. The predicted octanol–water partition coefficient (Wildman–Crippen LogP) is 2.98. The number of amides is 2. The van der Waals surface area contributed by atoms with Gasteiger partial charge in [-0.05, 0) is 44.1 Å². The molecule has 2 N–H and O–H groups in total. The molecule has 2 saturated heterocycles. The van der Waals surface area contributed by atoms with Crippen molar-refractivity contribution in [2.75, 3.05) is 37.6 Å². The van der Waals surface area contributed by atoms with Crippen LogP contribution in [0.1, 0.15) is 38.2 Å². The Labute approximate surface area is 184 Å². The van der Waals surface area contributed by atoms with Crippen molar-refractivity contribution < 1.29 is 9.59 Å². The van der Waals surface area contributed by atoms with Crippen LogP contribution in [0.4, 0.5) is 5.82 Å². The Balaban J connectivity index is 1.21. The van der Waals surface area contributed by atoms with Gasteiger partial charge in [0.2, 0.25) is 11.8 Å². The molecule has 0 atom stereocenters. The third kappa shape index (κ3) is 5.27. The maximum Gasteiger partial charge on any atom is 0.223 e. The number of aryl methyl sites for hydroxylation is 1. The van der Waals surface area contributed by atoms with E-state index in [0.29, 0.717) is 19.0 Å². The summed E-state index contributed by atoms with van der Waals surface area (Å²) in [6, 6.07) is 10.6. The number of piperidine rings is 2. The Kier molecular flexibility index (Phi) is 6.59. The fourth-order valence-electron chi connectivity index (χ4n) is 4.57. The minimum absolute atomic E-state index is 0.0416. The molecule has 1 aromatic carbocycles. The Morgan fingerprint density at radius 3 is 2.39 bits per heavy atom. The van der Waals surface area contributed by atoms with Crippen molar-refractivity contribution in [3.8, 4) is 11.3 Å². The molecule has 3 heterocycles. The van der Waals surface area contributed by atoms with Crippen LogP contribution in [0.5, 0.6) is 0 Å². The van der Waals surface area contributed by atoms with Gasteiger partial charge in [0.15, 0.2) is 5.82 Å². The fourth-order valence-corrected chi connectivity index (χ4v) is 4.57. The number of rotatable bonds is 5. The van der Waals surface area contributed by atoms with E-state index in [1.54, 1.807) is 6.92 Å². The highest BCUT2D eigenvalue weighted by Gasteiger charge is 2.27. The zero-order valence-electron chi connectivity index (χ0n) is 18.6. The second-order valence-corrected chi connectivity index (χ2v) is 8.96. The molecule has 0 saturated carbocycles. The van der Waals surface area contributed by atoms with E-state index in [9.17, 15) is 9.59 Å². The standard InChI is InChI=1S/C24H33N5O2/c1-17-3-5-20(6-4-17)22-15-23(27-26-22)29-11-7-19(8-12-29)16-25-24(31)21-9-13-28(14-10-21)18(2)30/h3-6,15,19,21H,7-14,16H2,1-2H3,(H,25,31)(H,26,27). The molecule has 0 bridgehead atoms. The summed E-state index contributed by atoms with van der Waals surface area (Å²) < 4.78 is 0. The van der Waals surface area contributed by atoms with Crippen molar-refractivity contribution in [2.45, 2.75) is 39.5 Å². The first kappa shape index (κ1) is 21.4. The van der Waals surface area contributed by atoms with Crippen LogP contribution in [0, 0.1) is 18.8 Å². The van der Waals surface area contributed by atoms with Crippen molar-refractivity contribution in [3.05, 3.63) is 35.9 Å². The molecule has 0 radical (unpaired) electrons. The molecule has 2 amide bonds. The van der Waals surface area contributed by atoms with E-state index in [1.807, 2.05) is 4.90 Å². The quantitative estimate of drug-likeness (QED) is 0.775. The number of benzene rings is 1. The number of nitrogens with one attached hydrogen (secondary N) is 2. The highest BCUT2D eigenvalue weighted by Crippen LogP contribution is 2.26. The van der Waals surface area contributed by atoms with E-state index in [2.05, 4.69) is 57.7 Å². The van der Waals surface area contributed by atoms with Gasteiger partial charge in [0.05, 0.1) is 5.69 Å². The van der Waals surface area contributed by atoms with Crippen molar-refractivity contribution >= 4 is 17.6 Å². The van der Waals surface area contributed by atoms with Crippen LogP contribution < -0.4 is 10.2 Å². The van der Waals surface area contributed by atoms with E-state index >= 15 is 0 Å². The van der Waals surface area contributed by atoms with Crippen LogP contribution in [0.25, 0.3) is 11.3 Å². The lowest BCUT2D eigenvalue weighted by Gasteiger charge is -2.33. The van der Waals surface area contributed by atoms with Gasteiger partial charge in [0.1, 0.15) is 0 Å². The lowest BCUT2D eigenvalue weighted by atomic mass is 9.94. The number of likely N-dealkylation sites (tertiary alicyclic amines) is 1. The number of aromatic amines is 1. The summed E-state index contributed by atoms with van der Waals surface area (Å²) in [5, 5.41) is 10.9. The number of carbonyl (C=O) groups is 2. The number of hydrogen-bond donors (Lipinski definition) is 2. The molecule has 0 aliphatic carbocycles. The van der Waals surface area contributed by atoms with Gasteiger partial charge in [0, 0.05) is 51.6 Å². The Morgan fingerprint density at radius 1 is 1.06 bits per heavy atom. The smallest absolute Gasteiger partial charge is 0.223 e. The molecule has 2 aromatic rings. The Hall–Kier alpha value is -2.83. The molecule has 31 heavy (non-hydrogen) atoms. The first-order chi connectivity index (χ1) is 15.0. The van der Waals surface area contributed by atoms with Gasteiger partial charge in [-0.3, -0.25) is 14.7 Å². The average molecular weight is 424 g/mol. The molecular formula is C24H33N5O2. The third-order valence-corrected chi connectivity index (χ3v) is 6.74. The van der Waals surface area contributed by atoms with Crippen molar-refractivity contribution in [3.63, 3.8) is 0 Å². The fraction of sp³-hybridized carbons (Fsp3) is 0.542. The summed E-state index contributed by atoms with van der Waals surface area (Å²) in [4.78, 5) is 28.1. The largest absolute Gasteiger partial charge is 0.356 e. The van der Waals surface area contributed by atoms with E-state index < -0.39 is 0 Å². The summed E-state index contributed by atoms with van der Waals surface area (Å²) in [5.41, 5.74) is 3.44. The van der Waals surface area contributed by atoms with Crippen LogP contribution in [-0.2, 0) is 9.59 Å². The molecule has 7 heteroatoms. The number of hydrogen-bond acceptors (Lipinski definition) is 4. The second-order valence-electron chi connectivity index (χ2n) is 8.96. The number of carbonyl (C=O) groups excluding carboxylic acids is 2. The average Bonchev–Trinajstić information content (AvgIpc) is 3.28. The van der Waals surface area contributed by atoms with E-state index in [1.165, 1.54) is 5.56 Å². The highest BCUT2D eigenvalue weighted by molar-refractivity contribution is 5.79. The minimum Gasteiger partial charge on any atom is -0.356 e. The van der Waals surface area contributed by atoms with Crippen LogP contribution in [0.2, 0.25) is 0 Å². The lowest BCUT2D eigenvalue weighted by Crippen LogP contribution is -2.44. The number of anilines is 1. The maximum absolute atomic E-state index is 12.5. The summed E-state index contributed by atoms with van der Waals surface area (Å²) >= 11 is 0. The molecule has 4 rings (SSSR count). The van der Waals surface area contributed by atoms with Gasteiger partial charge in [-0.1, -0.05) is 29.8 Å². The van der Waals surface area contributed by atoms with Gasteiger partial charge < -0.3 is 15.1 Å². The predicted molar refractivity (Wildman–Crippen MR) is 122 cm³/mol. The van der Waals surface area contributed by atoms with Gasteiger partial charge in [0.25, 0.3) is 0 Å². The van der Waals surface area contributed by atoms with Gasteiger partial charge in [-0.2, -0.15) is 5.10 Å². The Bertz CT molecular complexity index is 891. The van der Waals surface area contributed by atoms with Crippen LogP contribution in [0.3, 0.4) is 0 Å². The molecule has 7 nitrogen and oxygen atoms in total. The monoisotopic (exact) mass is 423 g/mol. The van der Waals surface area contributed by atoms with Gasteiger partial charge in [-0.25, -0.2) is 0 Å². The molecule has 2 fully saturated rings. The van der Waals surface area contributed by atoms with E-state index in [4.69, 9.17) is 0 Å². The number of aromatic nitrogens is 2. The van der Waals surface area contributed by atoms with Crippen LogP contribution in [-0.4, -0.2) is 59.6 Å². The first-order valence-corrected chi connectivity index (χ1v) is 11.4. The molecule has 166 valence electrons. The van der Waals surface area contributed by atoms with Crippen LogP contribution in [0.15, 0.2) is 30.3 Å². The molecule has 2 aliphatic heterocycles. The van der Waals surface area contributed by atoms with Gasteiger partial charge in [-0.15, -0.1) is 0 Å². The van der Waals surface area contributed by atoms with Gasteiger partial charge >= 0.3 is 0 Å². The molecule has 0 spiro atoms. The highest BCUT2D eigenvalue weighted by atomic mass is 16.2. The molecule has 0 unspecified atom stereocenters. The lowest BCUT2D eigenvalue weighted by molar-refractivity contribution is -0.134.